The van der Waals surface area contributed by atoms with Gasteiger partial charge in [-0.05, 0) is 37.1 Å². The summed E-state index contributed by atoms with van der Waals surface area (Å²) in [4.78, 5) is 46.8. The number of nitrogens with one attached hydrogen (secondary N) is 4. The standard InChI is InChI=1S/C28H34N6O3/c1-17(35)32-25(14-19-16-31-23-12-8-6-10-21(19)23)34(4)26(36)24(33-27(37)28(2,3)29)13-18-15-30-22-11-7-5-9-20(18)22/h5-12,15-16,24-25,30-31H,13-14,29H2,1-4H3,(H,32,35)(H,33,37)/t24-,25-/m1/s1. The molecule has 0 unspecified atom stereocenters. The molecule has 2 aromatic carbocycles. The van der Waals surface area contributed by atoms with Gasteiger partial charge in [-0.3, -0.25) is 14.4 Å². The van der Waals surface area contributed by atoms with Gasteiger partial charge in [-0.1, -0.05) is 36.4 Å². The molecule has 4 rings (SSSR count). The zero-order valence-corrected chi connectivity index (χ0v) is 21.6. The van der Waals surface area contributed by atoms with Crippen LogP contribution in [0.5, 0.6) is 0 Å². The van der Waals surface area contributed by atoms with E-state index in [2.05, 4.69) is 20.6 Å². The summed E-state index contributed by atoms with van der Waals surface area (Å²) in [6.07, 6.45) is 3.76. The summed E-state index contributed by atoms with van der Waals surface area (Å²) >= 11 is 0. The molecule has 2 aromatic heterocycles. The minimum absolute atomic E-state index is 0.259. The molecule has 0 bridgehead atoms. The Morgan fingerprint density at radius 1 is 0.892 bits per heavy atom. The smallest absolute Gasteiger partial charge is 0.246 e. The molecule has 2 heterocycles. The number of aromatic amines is 2. The Labute approximate surface area is 215 Å². The SMILES string of the molecule is CC(=O)N[C@@H](Cc1c[nH]c2ccccc12)N(C)C(=O)[C@@H](Cc1c[nH]c2ccccc12)NC(=O)C(C)(C)N. The van der Waals surface area contributed by atoms with Crippen molar-refractivity contribution in [1.29, 1.82) is 0 Å². The van der Waals surface area contributed by atoms with Crippen LogP contribution in [0.2, 0.25) is 0 Å². The molecule has 0 spiro atoms. The average molecular weight is 503 g/mol. The van der Waals surface area contributed by atoms with Gasteiger partial charge >= 0.3 is 0 Å². The lowest BCUT2D eigenvalue weighted by molar-refractivity contribution is -0.139. The van der Waals surface area contributed by atoms with Crippen LogP contribution in [0.25, 0.3) is 21.8 Å². The first-order chi connectivity index (χ1) is 17.5. The Balaban J connectivity index is 1.63. The molecule has 0 saturated carbocycles. The molecule has 3 amide bonds. The molecule has 0 aliphatic rings. The second-order valence-corrected chi connectivity index (χ2v) is 10.0. The van der Waals surface area contributed by atoms with Crippen molar-refractivity contribution in [3.05, 3.63) is 72.1 Å². The van der Waals surface area contributed by atoms with Gasteiger partial charge in [0.05, 0.1) is 5.54 Å². The number of para-hydroxylation sites is 2. The molecular formula is C28H34N6O3. The fraction of sp³-hybridized carbons (Fsp3) is 0.321. The van der Waals surface area contributed by atoms with Gasteiger partial charge in [-0.2, -0.15) is 0 Å². The van der Waals surface area contributed by atoms with Crippen molar-refractivity contribution in [2.75, 3.05) is 7.05 Å². The minimum atomic E-state index is -1.17. The third-order valence-electron chi connectivity index (χ3n) is 6.56. The highest BCUT2D eigenvalue weighted by Crippen LogP contribution is 2.22. The first kappa shape index (κ1) is 26.0. The van der Waals surface area contributed by atoms with Crippen LogP contribution in [0.3, 0.4) is 0 Å². The van der Waals surface area contributed by atoms with Gasteiger partial charge in [0, 0.05) is 61.0 Å². The van der Waals surface area contributed by atoms with Crippen molar-refractivity contribution in [3.8, 4) is 0 Å². The molecule has 0 aliphatic carbocycles. The normalized spacial score (nSPS) is 13.3. The molecular weight excluding hydrogens is 468 g/mol. The van der Waals surface area contributed by atoms with Crippen LogP contribution in [-0.4, -0.2) is 57.4 Å². The number of hydrogen-bond donors (Lipinski definition) is 5. The Kier molecular flexibility index (Phi) is 7.35. The number of nitrogens with zero attached hydrogens (tertiary/aromatic N) is 1. The van der Waals surface area contributed by atoms with Crippen molar-refractivity contribution < 1.29 is 14.4 Å². The number of fused-ring (bicyclic) bond motifs is 2. The highest BCUT2D eigenvalue weighted by Gasteiger charge is 2.33. The van der Waals surface area contributed by atoms with Crippen molar-refractivity contribution in [3.63, 3.8) is 0 Å². The van der Waals surface area contributed by atoms with Crippen LogP contribution in [0, 0.1) is 0 Å². The summed E-state index contributed by atoms with van der Waals surface area (Å²) < 4.78 is 0. The van der Waals surface area contributed by atoms with E-state index in [1.165, 1.54) is 11.8 Å². The first-order valence-electron chi connectivity index (χ1n) is 12.3. The maximum absolute atomic E-state index is 13.9. The number of rotatable bonds is 9. The zero-order chi connectivity index (χ0) is 26.7. The number of benzene rings is 2. The van der Waals surface area contributed by atoms with E-state index in [9.17, 15) is 14.4 Å². The summed E-state index contributed by atoms with van der Waals surface area (Å²) in [6, 6.07) is 14.8. The lowest BCUT2D eigenvalue weighted by Crippen LogP contribution is -2.59. The number of aromatic nitrogens is 2. The van der Waals surface area contributed by atoms with Crippen molar-refractivity contribution >= 4 is 39.5 Å². The molecule has 37 heavy (non-hydrogen) atoms. The fourth-order valence-corrected chi connectivity index (χ4v) is 4.49. The number of nitrogens with two attached hydrogens (primary N) is 1. The van der Waals surface area contributed by atoms with E-state index in [1.807, 2.05) is 60.9 Å². The lowest BCUT2D eigenvalue weighted by atomic mass is 10.0. The highest BCUT2D eigenvalue weighted by atomic mass is 16.2. The zero-order valence-electron chi connectivity index (χ0n) is 21.6. The van der Waals surface area contributed by atoms with Gasteiger partial charge in [0.15, 0.2) is 0 Å². The molecule has 9 nitrogen and oxygen atoms in total. The van der Waals surface area contributed by atoms with Crippen LogP contribution in [0.4, 0.5) is 0 Å². The largest absolute Gasteiger partial charge is 0.361 e. The van der Waals surface area contributed by atoms with Crippen molar-refractivity contribution in [2.24, 2.45) is 5.73 Å². The van der Waals surface area contributed by atoms with Crippen LogP contribution in [0.15, 0.2) is 60.9 Å². The van der Waals surface area contributed by atoms with Crippen LogP contribution >= 0.6 is 0 Å². The molecule has 0 radical (unpaired) electrons. The Morgan fingerprint density at radius 2 is 1.41 bits per heavy atom. The van der Waals surface area contributed by atoms with Gasteiger partial charge in [0.2, 0.25) is 17.7 Å². The van der Waals surface area contributed by atoms with Crippen molar-refractivity contribution in [1.82, 2.24) is 25.5 Å². The molecule has 0 saturated heterocycles. The third-order valence-corrected chi connectivity index (χ3v) is 6.56. The molecule has 2 atom stereocenters. The van der Waals surface area contributed by atoms with Gasteiger partial charge in [0.1, 0.15) is 12.2 Å². The van der Waals surface area contributed by atoms with Crippen molar-refractivity contribution in [2.45, 2.75) is 51.4 Å². The third kappa shape index (κ3) is 5.83. The summed E-state index contributed by atoms with van der Waals surface area (Å²) in [6.45, 7) is 4.61. The predicted molar refractivity (Wildman–Crippen MR) is 145 cm³/mol. The predicted octanol–water partition coefficient (Wildman–Crippen LogP) is 2.58. The van der Waals surface area contributed by atoms with E-state index in [1.54, 1.807) is 20.9 Å². The first-order valence-corrected chi connectivity index (χ1v) is 12.3. The molecule has 0 aliphatic heterocycles. The maximum atomic E-state index is 13.9. The molecule has 0 fully saturated rings. The van der Waals surface area contributed by atoms with E-state index >= 15 is 0 Å². The van der Waals surface area contributed by atoms with Crippen LogP contribution in [-0.2, 0) is 27.2 Å². The number of likely N-dealkylation sites (N-methyl/N-ethyl adjacent to an activating group) is 1. The summed E-state index contributed by atoms with van der Waals surface area (Å²) in [7, 11) is 1.64. The molecule has 194 valence electrons. The topological polar surface area (TPSA) is 136 Å². The fourth-order valence-electron chi connectivity index (χ4n) is 4.49. The van der Waals surface area contributed by atoms with E-state index in [4.69, 9.17) is 5.73 Å². The Hall–Kier alpha value is -4.11. The van der Waals surface area contributed by atoms with Gasteiger partial charge < -0.3 is 31.2 Å². The van der Waals surface area contributed by atoms with E-state index in [0.29, 0.717) is 6.42 Å². The summed E-state index contributed by atoms with van der Waals surface area (Å²) in [5.74, 6) is -1.03. The Morgan fingerprint density at radius 3 is 1.92 bits per heavy atom. The summed E-state index contributed by atoms with van der Waals surface area (Å²) in [5.41, 5.74) is 8.64. The van der Waals surface area contributed by atoms with Crippen LogP contribution in [0.1, 0.15) is 31.9 Å². The van der Waals surface area contributed by atoms with E-state index in [0.717, 1.165) is 32.9 Å². The van der Waals surface area contributed by atoms with E-state index in [-0.39, 0.29) is 18.2 Å². The number of carbonyl (C=O) groups is 3. The number of hydrogen-bond acceptors (Lipinski definition) is 4. The highest BCUT2D eigenvalue weighted by molar-refractivity contribution is 5.93. The van der Waals surface area contributed by atoms with Gasteiger partial charge in [0.25, 0.3) is 0 Å². The monoisotopic (exact) mass is 502 g/mol. The van der Waals surface area contributed by atoms with Crippen LogP contribution < -0.4 is 16.4 Å². The quantitative estimate of drug-likeness (QED) is 0.225. The maximum Gasteiger partial charge on any atom is 0.246 e. The molecule has 6 N–H and O–H groups in total. The van der Waals surface area contributed by atoms with Gasteiger partial charge in [-0.15, -0.1) is 0 Å². The van der Waals surface area contributed by atoms with Gasteiger partial charge in [-0.25, -0.2) is 0 Å². The average Bonchev–Trinajstić information content (AvgIpc) is 3.45. The molecule has 4 aromatic rings. The number of carbonyl (C=O) groups excluding carboxylic acids is 3. The second kappa shape index (κ2) is 10.5. The minimum Gasteiger partial charge on any atom is -0.361 e. The number of H-pyrrole nitrogens is 2. The Bertz CT molecular complexity index is 1430. The number of amides is 3. The lowest BCUT2D eigenvalue weighted by Gasteiger charge is -2.33. The second-order valence-electron chi connectivity index (χ2n) is 10.0. The summed E-state index contributed by atoms with van der Waals surface area (Å²) in [5, 5.41) is 7.74. The molecule has 9 heteroatoms. The van der Waals surface area contributed by atoms with E-state index < -0.39 is 23.7 Å².